The summed E-state index contributed by atoms with van der Waals surface area (Å²) in [5.74, 6) is 1.90. The smallest absolute Gasteiger partial charge is 0.180 e. The summed E-state index contributed by atoms with van der Waals surface area (Å²) in [7, 11) is 2.15. The number of rotatable bonds is 7. The second-order valence-corrected chi connectivity index (χ2v) is 9.21. The quantitative estimate of drug-likeness (QED) is 0.403. The number of fused-ring (bicyclic) bond motifs is 1. The van der Waals surface area contributed by atoms with Crippen LogP contribution in [0.25, 0.3) is 17.0 Å². The maximum atomic E-state index is 6.23. The Kier molecular flexibility index (Phi) is 8.18. The van der Waals surface area contributed by atoms with Gasteiger partial charge in [0.1, 0.15) is 5.82 Å². The Labute approximate surface area is 216 Å². The van der Waals surface area contributed by atoms with Gasteiger partial charge in [-0.1, -0.05) is 23.7 Å². The average Bonchev–Trinajstić information content (AvgIpc) is 3.29. The minimum absolute atomic E-state index is 0. The lowest BCUT2D eigenvalue weighted by Crippen LogP contribution is -2.45. The molecule has 0 bridgehead atoms. The van der Waals surface area contributed by atoms with E-state index >= 15 is 0 Å². The van der Waals surface area contributed by atoms with E-state index in [-0.39, 0.29) is 18.3 Å². The molecule has 10 heteroatoms. The number of hydrogen-bond donors (Lipinski definition) is 1. The Bertz CT molecular complexity index is 1270. The van der Waals surface area contributed by atoms with Gasteiger partial charge in [0.2, 0.25) is 0 Å². The lowest BCUT2D eigenvalue weighted by Gasteiger charge is -2.33. The van der Waals surface area contributed by atoms with E-state index in [1.807, 2.05) is 49.1 Å². The van der Waals surface area contributed by atoms with E-state index < -0.39 is 0 Å². The molecule has 1 fully saturated rings. The SMILES string of the molecule is CN1CCN(c2nccn3c(-c4ccnc(CC(CCN)c5cccc(Cl)c5)n4)cnc23)CC1.Cl. The second kappa shape index (κ2) is 11.3. The number of imidazole rings is 1. The van der Waals surface area contributed by atoms with Crippen LogP contribution in [0.15, 0.2) is 55.1 Å². The molecule has 0 aliphatic carbocycles. The van der Waals surface area contributed by atoms with Crippen LogP contribution in [0.4, 0.5) is 5.82 Å². The molecule has 4 heterocycles. The molecule has 1 aromatic carbocycles. The molecular weight excluding hydrogens is 483 g/mol. The number of anilines is 1. The predicted molar refractivity (Wildman–Crippen MR) is 143 cm³/mol. The van der Waals surface area contributed by atoms with Gasteiger partial charge >= 0.3 is 0 Å². The highest BCUT2D eigenvalue weighted by molar-refractivity contribution is 6.30. The van der Waals surface area contributed by atoms with Gasteiger partial charge in [0.15, 0.2) is 11.5 Å². The number of hydrogen-bond acceptors (Lipinski definition) is 7. The highest BCUT2D eigenvalue weighted by Crippen LogP contribution is 2.27. The van der Waals surface area contributed by atoms with Crippen LogP contribution >= 0.6 is 24.0 Å². The van der Waals surface area contributed by atoms with Crippen molar-refractivity contribution in [3.63, 3.8) is 0 Å². The monoisotopic (exact) mass is 512 g/mol. The van der Waals surface area contributed by atoms with Crippen LogP contribution in [0.3, 0.4) is 0 Å². The van der Waals surface area contributed by atoms with Crippen LogP contribution in [0.1, 0.15) is 23.7 Å². The third kappa shape index (κ3) is 5.56. The van der Waals surface area contributed by atoms with E-state index in [4.69, 9.17) is 27.3 Å². The molecule has 1 saturated heterocycles. The normalized spacial score (nSPS) is 15.2. The zero-order chi connectivity index (χ0) is 23.5. The van der Waals surface area contributed by atoms with Gasteiger partial charge in [0.05, 0.1) is 17.6 Å². The zero-order valence-electron chi connectivity index (χ0n) is 19.7. The fourth-order valence-electron chi connectivity index (χ4n) is 4.55. The first-order valence-electron chi connectivity index (χ1n) is 11.7. The van der Waals surface area contributed by atoms with Crippen LogP contribution < -0.4 is 10.6 Å². The van der Waals surface area contributed by atoms with Gasteiger partial charge in [0.25, 0.3) is 0 Å². The van der Waals surface area contributed by atoms with Gasteiger partial charge in [-0.05, 0) is 49.7 Å². The van der Waals surface area contributed by atoms with Gasteiger partial charge < -0.3 is 15.5 Å². The number of benzene rings is 1. The van der Waals surface area contributed by atoms with E-state index in [0.29, 0.717) is 13.0 Å². The standard InChI is InChI=1S/C25H29ClN8.ClH/c1-32-11-13-33(14-12-32)24-25-30-17-22(34(25)10-9-29-24)21-6-8-28-23(31-21)16-19(5-7-27)18-3-2-4-20(26)15-18;/h2-4,6,8-10,15,17,19H,5,7,11-14,16,27H2,1H3;1H. The number of aromatic nitrogens is 5. The second-order valence-electron chi connectivity index (χ2n) is 8.77. The van der Waals surface area contributed by atoms with Crippen molar-refractivity contribution in [1.82, 2.24) is 29.2 Å². The summed E-state index contributed by atoms with van der Waals surface area (Å²) < 4.78 is 2.07. The minimum Gasteiger partial charge on any atom is -0.351 e. The molecule has 1 aliphatic heterocycles. The van der Waals surface area contributed by atoms with E-state index in [1.165, 1.54) is 0 Å². The van der Waals surface area contributed by atoms with Crippen LogP contribution in [0, 0.1) is 0 Å². The summed E-state index contributed by atoms with van der Waals surface area (Å²) in [4.78, 5) is 23.5. The van der Waals surface area contributed by atoms with Gasteiger partial charge in [-0.3, -0.25) is 4.40 Å². The maximum Gasteiger partial charge on any atom is 0.180 e. The summed E-state index contributed by atoms with van der Waals surface area (Å²) in [6.45, 7) is 4.50. The molecule has 35 heavy (non-hydrogen) atoms. The predicted octanol–water partition coefficient (Wildman–Crippen LogP) is 3.69. The summed E-state index contributed by atoms with van der Waals surface area (Å²) in [5.41, 5.74) is 9.68. The molecule has 1 atom stereocenters. The number of likely N-dealkylation sites (N-methyl/N-ethyl adjacent to an activating group) is 1. The molecule has 0 saturated carbocycles. The average molecular weight is 513 g/mol. The number of nitrogens with two attached hydrogens (primary N) is 1. The highest BCUT2D eigenvalue weighted by atomic mass is 35.5. The van der Waals surface area contributed by atoms with Crippen LogP contribution in [0.5, 0.6) is 0 Å². The van der Waals surface area contributed by atoms with E-state index in [0.717, 1.165) is 71.9 Å². The van der Waals surface area contributed by atoms with E-state index in [2.05, 4.69) is 37.3 Å². The molecule has 5 rings (SSSR count). The van der Waals surface area contributed by atoms with E-state index in [1.54, 1.807) is 0 Å². The lowest BCUT2D eigenvalue weighted by molar-refractivity contribution is 0.312. The van der Waals surface area contributed by atoms with Crippen molar-refractivity contribution in [2.45, 2.75) is 18.8 Å². The Morgan fingerprint density at radius 1 is 1.06 bits per heavy atom. The van der Waals surface area contributed by atoms with Crippen molar-refractivity contribution in [1.29, 1.82) is 0 Å². The lowest BCUT2D eigenvalue weighted by atomic mass is 9.92. The first-order chi connectivity index (χ1) is 16.6. The molecule has 3 aromatic heterocycles. The maximum absolute atomic E-state index is 6.23. The fourth-order valence-corrected chi connectivity index (χ4v) is 4.74. The van der Waals surface area contributed by atoms with E-state index in [9.17, 15) is 0 Å². The molecule has 0 amide bonds. The third-order valence-electron chi connectivity index (χ3n) is 6.44. The van der Waals surface area contributed by atoms with Gasteiger partial charge in [-0.2, -0.15) is 0 Å². The Morgan fingerprint density at radius 3 is 2.66 bits per heavy atom. The number of halogens is 2. The molecule has 1 aliphatic rings. The van der Waals surface area contributed by atoms with Crippen LogP contribution in [-0.4, -0.2) is 69.0 Å². The van der Waals surface area contributed by atoms with Crippen molar-refractivity contribution in [2.75, 3.05) is 44.7 Å². The third-order valence-corrected chi connectivity index (χ3v) is 6.68. The van der Waals surface area contributed by atoms with Crippen molar-refractivity contribution in [3.8, 4) is 11.4 Å². The molecule has 0 spiro atoms. The highest BCUT2D eigenvalue weighted by Gasteiger charge is 2.20. The largest absolute Gasteiger partial charge is 0.351 e. The molecule has 4 aromatic rings. The Balaban J connectivity index is 0.00000289. The van der Waals surface area contributed by atoms with Crippen LogP contribution in [0.2, 0.25) is 5.02 Å². The fraction of sp³-hybridized carbons (Fsp3) is 0.360. The summed E-state index contributed by atoms with van der Waals surface area (Å²) in [6, 6.07) is 9.89. The zero-order valence-corrected chi connectivity index (χ0v) is 21.3. The topological polar surface area (TPSA) is 88.5 Å². The molecule has 1 unspecified atom stereocenters. The first kappa shape index (κ1) is 25.3. The van der Waals surface area contributed by atoms with Crippen molar-refractivity contribution < 1.29 is 0 Å². The first-order valence-corrected chi connectivity index (χ1v) is 12.0. The molecule has 2 N–H and O–H groups in total. The van der Waals surface area contributed by atoms with Gasteiger partial charge in [-0.25, -0.2) is 19.9 Å². The van der Waals surface area contributed by atoms with Crippen LogP contribution in [-0.2, 0) is 6.42 Å². The minimum atomic E-state index is 0. The molecule has 0 radical (unpaired) electrons. The van der Waals surface area contributed by atoms with Gasteiger partial charge in [0, 0.05) is 56.2 Å². The summed E-state index contributed by atoms with van der Waals surface area (Å²) in [6.07, 6.45) is 9.00. The molecule has 184 valence electrons. The van der Waals surface area contributed by atoms with Gasteiger partial charge in [-0.15, -0.1) is 12.4 Å². The number of piperazine rings is 1. The summed E-state index contributed by atoms with van der Waals surface area (Å²) in [5, 5.41) is 0.727. The van der Waals surface area contributed by atoms with Crippen molar-refractivity contribution >= 4 is 35.5 Å². The molecule has 8 nitrogen and oxygen atoms in total. The Morgan fingerprint density at radius 2 is 1.89 bits per heavy atom. The van der Waals surface area contributed by atoms with Crippen molar-refractivity contribution in [2.24, 2.45) is 5.73 Å². The summed E-state index contributed by atoms with van der Waals surface area (Å²) >= 11 is 6.23. The number of nitrogens with zero attached hydrogens (tertiary/aromatic N) is 7. The molecular formula is C25H30Cl2N8. The Hall–Kier alpha value is -2.78. The van der Waals surface area contributed by atoms with Crippen molar-refractivity contribution in [3.05, 3.63) is 71.5 Å².